The van der Waals surface area contributed by atoms with Crippen molar-refractivity contribution in [3.63, 3.8) is 0 Å². The van der Waals surface area contributed by atoms with Crippen molar-refractivity contribution < 1.29 is 9.21 Å². The van der Waals surface area contributed by atoms with Gasteiger partial charge in [0.2, 0.25) is 5.89 Å². The predicted molar refractivity (Wildman–Crippen MR) is 69.8 cm³/mol. The smallest absolute Gasteiger partial charge is 0.228 e. The summed E-state index contributed by atoms with van der Waals surface area (Å²) in [7, 11) is 0. The summed E-state index contributed by atoms with van der Waals surface area (Å²) in [4.78, 5) is 15.0. The van der Waals surface area contributed by atoms with E-state index in [1.807, 2.05) is 18.2 Å². The number of hydrogen-bond donors (Lipinski definition) is 0. The van der Waals surface area contributed by atoms with E-state index in [2.05, 4.69) is 4.98 Å². The minimum absolute atomic E-state index is 0.457. The van der Waals surface area contributed by atoms with Crippen LogP contribution in [0.5, 0.6) is 0 Å². The summed E-state index contributed by atoms with van der Waals surface area (Å²) in [5, 5.41) is 0.583. The second-order valence-corrected chi connectivity index (χ2v) is 4.25. The molecule has 0 atom stereocenters. The Balaban J connectivity index is 2.19. The van der Waals surface area contributed by atoms with Crippen molar-refractivity contribution in [3.05, 3.63) is 53.1 Å². The van der Waals surface area contributed by atoms with Gasteiger partial charge in [-0.15, -0.1) is 0 Å². The molecule has 3 aromatic rings. The minimum atomic E-state index is 0.457. The lowest BCUT2D eigenvalue weighted by Gasteiger charge is -1.96. The summed E-state index contributed by atoms with van der Waals surface area (Å²) < 4.78 is 5.62. The van der Waals surface area contributed by atoms with Crippen LogP contribution in [0.2, 0.25) is 5.02 Å². The monoisotopic (exact) mass is 257 g/mol. The molecule has 2 aromatic carbocycles. The molecule has 0 unspecified atom stereocenters. The standard InChI is InChI=1S/C14H8ClNO2/c15-11-4-2-1-3-10(11)14-16-12-7-9(8-17)5-6-13(12)18-14/h1-8H. The number of fused-ring (bicyclic) bond motifs is 1. The molecule has 0 radical (unpaired) electrons. The normalized spacial score (nSPS) is 10.7. The number of benzene rings is 2. The van der Waals surface area contributed by atoms with Crippen molar-refractivity contribution in [2.24, 2.45) is 0 Å². The van der Waals surface area contributed by atoms with Crippen LogP contribution in [0.4, 0.5) is 0 Å². The number of halogens is 1. The van der Waals surface area contributed by atoms with Crippen LogP contribution in [0.25, 0.3) is 22.6 Å². The third-order valence-corrected chi connectivity index (χ3v) is 2.98. The van der Waals surface area contributed by atoms with E-state index in [0.29, 0.717) is 27.6 Å². The molecule has 0 saturated carbocycles. The van der Waals surface area contributed by atoms with Crippen molar-refractivity contribution in [1.29, 1.82) is 0 Å². The number of rotatable bonds is 2. The van der Waals surface area contributed by atoms with Crippen LogP contribution in [-0.2, 0) is 0 Å². The van der Waals surface area contributed by atoms with Crippen molar-refractivity contribution in [1.82, 2.24) is 4.98 Å². The second-order valence-electron chi connectivity index (χ2n) is 3.84. The highest BCUT2D eigenvalue weighted by molar-refractivity contribution is 6.33. The zero-order valence-corrected chi connectivity index (χ0v) is 10.0. The fraction of sp³-hybridized carbons (Fsp3) is 0. The SMILES string of the molecule is O=Cc1ccc2oc(-c3ccccc3Cl)nc2c1. The molecule has 0 spiro atoms. The van der Waals surface area contributed by atoms with Crippen LogP contribution in [0.1, 0.15) is 10.4 Å². The van der Waals surface area contributed by atoms with E-state index >= 15 is 0 Å². The summed E-state index contributed by atoms with van der Waals surface area (Å²) in [6.45, 7) is 0. The van der Waals surface area contributed by atoms with E-state index < -0.39 is 0 Å². The van der Waals surface area contributed by atoms with E-state index in [0.717, 1.165) is 11.8 Å². The minimum Gasteiger partial charge on any atom is -0.436 e. The lowest BCUT2D eigenvalue weighted by Crippen LogP contribution is -1.79. The molecule has 18 heavy (non-hydrogen) atoms. The van der Waals surface area contributed by atoms with Gasteiger partial charge in [-0.3, -0.25) is 4.79 Å². The molecule has 3 rings (SSSR count). The van der Waals surface area contributed by atoms with Crippen molar-refractivity contribution >= 4 is 29.0 Å². The first kappa shape index (κ1) is 11.0. The molecule has 0 N–H and O–H groups in total. The molecule has 0 amide bonds. The number of nitrogens with zero attached hydrogens (tertiary/aromatic N) is 1. The predicted octanol–water partition coefficient (Wildman–Crippen LogP) is 3.96. The van der Waals surface area contributed by atoms with E-state index in [1.165, 1.54) is 0 Å². The maximum Gasteiger partial charge on any atom is 0.228 e. The van der Waals surface area contributed by atoms with E-state index in [-0.39, 0.29) is 0 Å². The molecular weight excluding hydrogens is 250 g/mol. The van der Waals surface area contributed by atoms with E-state index in [1.54, 1.807) is 24.3 Å². The average molecular weight is 258 g/mol. The number of carbonyl (C=O) groups excluding carboxylic acids is 1. The van der Waals surface area contributed by atoms with Gasteiger partial charge < -0.3 is 4.42 Å². The molecule has 0 aliphatic rings. The Morgan fingerprint density at radius 3 is 2.78 bits per heavy atom. The van der Waals surface area contributed by atoms with Crippen molar-refractivity contribution in [3.8, 4) is 11.5 Å². The third-order valence-electron chi connectivity index (χ3n) is 2.65. The van der Waals surface area contributed by atoms with Crippen molar-refractivity contribution in [2.75, 3.05) is 0 Å². The number of aromatic nitrogens is 1. The lowest BCUT2D eigenvalue weighted by molar-refractivity contribution is 0.112. The largest absolute Gasteiger partial charge is 0.436 e. The fourth-order valence-corrected chi connectivity index (χ4v) is 1.98. The summed E-state index contributed by atoms with van der Waals surface area (Å²) >= 11 is 6.09. The molecule has 0 aliphatic heterocycles. The highest BCUT2D eigenvalue weighted by Gasteiger charge is 2.11. The first-order chi connectivity index (χ1) is 8.78. The number of carbonyl (C=O) groups is 1. The van der Waals surface area contributed by atoms with Crippen LogP contribution in [0.15, 0.2) is 46.9 Å². The van der Waals surface area contributed by atoms with Crippen LogP contribution >= 0.6 is 11.6 Å². The fourth-order valence-electron chi connectivity index (χ4n) is 1.77. The van der Waals surface area contributed by atoms with E-state index in [4.69, 9.17) is 16.0 Å². The molecule has 3 nitrogen and oxygen atoms in total. The Bertz CT molecular complexity index is 733. The summed E-state index contributed by atoms with van der Waals surface area (Å²) in [6, 6.07) is 12.4. The zero-order chi connectivity index (χ0) is 12.5. The third kappa shape index (κ3) is 1.79. The van der Waals surface area contributed by atoms with Gasteiger partial charge in [0, 0.05) is 5.56 Å². The maximum atomic E-state index is 10.7. The van der Waals surface area contributed by atoms with Gasteiger partial charge in [-0.1, -0.05) is 23.7 Å². The average Bonchev–Trinajstić information content (AvgIpc) is 2.81. The van der Waals surface area contributed by atoms with Crippen molar-refractivity contribution in [2.45, 2.75) is 0 Å². The lowest BCUT2D eigenvalue weighted by atomic mass is 10.2. The topological polar surface area (TPSA) is 43.1 Å². The Hall–Kier alpha value is -2.13. The van der Waals surface area contributed by atoms with Gasteiger partial charge in [-0.2, -0.15) is 0 Å². The molecule has 0 aliphatic carbocycles. The Morgan fingerprint density at radius 1 is 1.17 bits per heavy atom. The molecule has 88 valence electrons. The molecular formula is C14H8ClNO2. The Kier molecular flexibility index (Phi) is 2.61. The first-order valence-electron chi connectivity index (χ1n) is 5.38. The summed E-state index contributed by atoms with van der Waals surface area (Å²) in [6.07, 6.45) is 0.781. The van der Waals surface area contributed by atoms with Gasteiger partial charge in [0.1, 0.15) is 11.8 Å². The van der Waals surface area contributed by atoms with E-state index in [9.17, 15) is 4.79 Å². The zero-order valence-electron chi connectivity index (χ0n) is 9.26. The molecule has 1 heterocycles. The number of oxazole rings is 1. The van der Waals surface area contributed by atoms with Gasteiger partial charge in [0.05, 0.1) is 10.6 Å². The molecule has 4 heteroatoms. The summed E-state index contributed by atoms with van der Waals surface area (Å²) in [5.74, 6) is 0.457. The maximum absolute atomic E-state index is 10.7. The van der Waals surface area contributed by atoms with Crippen LogP contribution < -0.4 is 0 Å². The molecule has 0 saturated heterocycles. The molecule has 0 bridgehead atoms. The number of hydrogen-bond acceptors (Lipinski definition) is 3. The number of aldehydes is 1. The Morgan fingerprint density at radius 2 is 2.00 bits per heavy atom. The van der Waals surface area contributed by atoms with Crippen LogP contribution in [0.3, 0.4) is 0 Å². The van der Waals surface area contributed by atoms with Crippen LogP contribution in [0, 0.1) is 0 Å². The van der Waals surface area contributed by atoms with Gasteiger partial charge in [-0.05, 0) is 30.3 Å². The quantitative estimate of drug-likeness (QED) is 0.653. The molecule has 1 aromatic heterocycles. The van der Waals surface area contributed by atoms with Gasteiger partial charge in [-0.25, -0.2) is 4.98 Å². The van der Waals surface area contributed by atoms with Gasteiger partial charge in [0.15, 0.2) is 5.58 Å². The second kappa shape index (κ2) is 4.27. The molecule has 0 fully saturated rings. The first-order valence-corrected chi connectivity index (χ1v) is 5.76. The van der Waals surface area contributed by atoms with Gasteiger partial charge in [0.25, 0.3) is 0 Å². The summed E-state index contributed by atoms with van der Waals surface area (Å²) in [5.41, 5.74) is 2.59. The van der Waals surface area contributed by atoms with Gasteiger partial charge >= 0.3 is 0 Å². The highest BCUT2D eigenvalue weighted by atomic mass is 35.5. The Labute approximate surface area is 108 Å². The van der Waals surface area contributed by atoms with Crippen LogP contribution in [-0.4, -0.2) is 11.3 Å². The highest BCUT2D eigenvalue weighted by Crippen LogP contribution is 2.29.